The Kier molecular flexibility index (Phi) is 3.36. The van der Waals surface area contributed by atoms with E-state index in [1.807, 2.05) is 30.3 Å². The Bertz CT molecular complexity index is 953. The van der Waals surface area contributed by atoms with Gasteiger partial charge in [-0.15, -0.1) is 15.3 Å². The first-order chi connectivity index (χ1) is 11.3. The van der Waals surface area contributed by atoms with Crippen molar-refractivity contribution in [1.82, 2.24) is 24.8 Å². The molecule has 7 heteroatoms. The fourth-order valence-corrected chi connectivity index (χ4v) is 2.25. The van der Waals surface area contributed by atoms with E-state index in [0.29, 0.717) is 28.3 Å². The van der Waals surface area contributed by atoms with E-state index >= 15 is 0 Å². The molecule has 0 saturated carbocycles. The summed E-state index contributed by atoms with van der Waals surface area (Å²) < 4.78 is 7.34. The molecule has 0 radical (unpaired) electrons. The van der Waals surface area contributed by atoms with Crippen LogP contribution in [0.2, 0.25) is 5.15 Å². The van der Waals surface area contributed by atoms with Gasteiger partial charge in [0.25, 0.3) is 0 Å². The number of pyridine rings is 1. The van der Waals surface area contributed by atoms with E-state index in [4.69, 9.17) is 16.3 Å². The van der Waals surface area contributed by atoms with Crippen molar-refractivity contribution >= 4 is 17.2 Å². The number of hydrogen-bond acceptors (Lipinski definition) is 5. The number of ether oxygens (including phenoxy) is 1. The van der Waals surface area contributed by atoms with Gasteiger partial charge in [0, 0.05) is 11.6 Å². The molecule has 0 amide bonds. The minimum atomic E-state index is 0.408. The molecule has 0 atom stereocenters. The maximum Gasteiger partial charge on any atom is 0.237 e. The van der Waals surface area contributed by atoms with E-state index in [-0.39, 0.29) is 0 Å². The van der Waals surface area contributed by atoms with Crippen LogP contribution in [0.5, 0.6) is 11.6 Å². The standard InChI is InChI=1S/C16H10ClN5O/c17-13-7-6-12(10-18-13)23-15-9-8-14-19-20-16(22(14)21-15)11-4-2-1-3-5-11/h1-10H. The first kappa shape index (κ1) is 13.7. The number of nitrogens with zero attached hydrogens (tertiary/aromatic N) is 5. The Balaban J connectivity index is 1.73. The average molecular weight is 324 g/mol. The van der Waals surface area contributed by atoms with E-state index in [2.05, 4.69) is 20.3 Å². The quantitative estimate of drug-likeness (QED) is 0.539. The molecule has 0 bridgehead atoms. The number of rotatable bonds is 3. The van der Waals surface area contributed by atoms with Crippen molar-refractivity contribution in [3.63, 3.8) is 0 Å². The highest BCUT2D eigenvalue weighted by Crippen LogP contribution is 2.22. The van der Waals surface area contributed by atoms with Crippen LogP contribution in [0.25, 0.3) is 17.0 Å². The molecule has 3 heterocycles. The molecule has 1 aromatic carbocycles. The van der Waals surface area contributed by atoms with Gasteiger partial charge in [0.2, 0.25) is 5.88 Å². The van der Waals surface area contributed by atoms with Crippen molar-refractivity contribution in [2.45, 2.75) is 0 Å². The third kappa shape index (κ3) is 2.72. The smallest absolute Gasteiger partial charge is 0.237 e. The molecule has 0 fully saturated rings. The lowest BCUT2D eigenvalue weighted by Gasteiger charge is -2.05. The maximum atomic E-state index is 5.76. The lowest BCUT2D eigenvalue weighted by Crippen LogP contribution is -1.98. The third-order valence-corrected chi connectivity index (χ3v) is 3.42. The van der Waals surface area contributed by atoms with Crippen molar-refractivity contribution in [3.8, 4) is 23.0 Å². The SMILES string of the molecule is Clc1ccc(Oc2ccc3nnc(-c4ccccc4)n3n2)cn1. The van der Waals surface area contributed by atoms with Gasteiger partial charge in [-0.1, -0.05) is 41.9 Å². The van der Waals surface area contributed by atoms with Crippen molar-refractivity contribution in [3.05, 3.63) is 65.9 Å². The maximum absolute atomic E-state index is 5.76. The second-order valence-electron chi connectivity index (χ2n) is 4.75. The Morgan fingerprint density at radius 2 is 1.78 bits per heavy atom. The van der Waals surface area contributed by atoms with Crippen molar-refractivity contribution in [2.24, 2.45) is 0 Å². The second-order valence-corrected chi connectivity index (χ2v) is 5.14. The predicted octanol–water partition coefficient (Wildman–Crippen LogP) is 3.63. The topological polar surface area (TPSA) is 65.2 Å². The van der Waals surface area contributed by atoms with E-state index < -0.39 is 0 Å². The summed E-state index contributed by atoms with van der Waals surface area (Å²) in [5.74, 6) is 1.62. The van der Waals surface area contributed by atoms with Crippen LogP contribution in [0, 0.1) is 0 Å². The summed E-state index contributed by atoms with van der Waals surface area (Å²) in [4.78, 5) is 3.97. The fraction of sp³-hybridized carbons (Fsp3) is 0. The number of hydrogen-bond donors (Lipinski definition) is 0. The Hall–Kier alpha value is -2.99. The van der Waals surface area contributed by atoms with Crippen molar-refractivity contribution < 1.29 is 4.74 Å². The van der Waals surface area contributed by atoms with E-state index in [1.54, 1.807) is 35.0 Å². The van der Waals surface area contributed by atoms with Crippen LogP contribution in [-0.2, 0) is 0 Å². The van der Waals surface area contributed by atoms with Gasteiger partial charge in [-0.25, -0.2) is 4.98 Å². The monoisotopic (exact) mass is 323 g/mol. The molecule has 4 rings (SSSR count). The van der Waals surface area contributed by atoms with Gasteiger partial charge in [0.05, 0.1) is 6.20 Å². The molecule has 23 heavy (non-hydrogen) atoms. The fourth-order valence-electron chi connectivity index (χ4n) is 2.14. The highest BCUT2D eigenvalue weighted by molar-refractivity contribution is 6.29. The molecule has 0 aliphatic carbocycles. The summed E-state index contributed by atoms with van der Waals surface area (Å²) in [7, 11) is 0. The summed E-state index contributed by atoms with van der Waals surface area (Å²) in [5, 5.41) is 13.2. The number of aromatic nitrogens is 5. The molecule has 112 valence electrons. The van der Waals surface area contributed by atoms with Crippen LogP contribution < -0.4 is 4.74 Å². The highest BCUT2D eigenvalue weighted by Gasteiger charge is 2.10. The molecule has 0 saturated heterocycles. The van der Waals surface area contributed by atoms with Crippen molar-refractivity contribution in [1.29, 1.82) is 0 Å². The zero-order valence-corrected chi connectivity index (χ0v) is 12.6. The van der Waals surface area contributed by atoms with Crippen LogP contribution in [0.3, 0.4) is 0 Å². The normalized spacial score (nSPS) is 10.8. The molecular formula is C16H10ClN5O. The van der Waals surface area contributed by atoms with Gasteiger partial charge in [-0.3, -0.25) is 0 Å². The Morgan fingerprint density at radius 3 is 2.57 bits per heavy atom. The van der Waals surface area contributed by atoms with Gasteiger partial charge in [0.15, 0.2) is 11.5 Å². The van der Waals surface area contributed by atoms with E-state index in [1.165, 1.54) is 0 Å². The second kappa shape index (κ2) is 5.66. The lowest BCUT2D eigenvalue weighted by atomic mass is 10.2. The minimum Gasteiger partial charge on any atom is -0.436 e. The molecule has 0 aliphatic rings. The van der Waals surface area contributed by atoms with Crippen LogP contribution in [-0.4, -0.2) is 24.8 Å². The third-order valence-electron chi connectivity index (χ3n) is 3.19. The highest BCUT2D eigenvalue weighted by atomic mass is 35.5. The molecule has 3 aromatic heterocycles. The van der Waals surface area contributed by atoms with Gasteiger partial charge >= 0.3 is 0 Å². The minimum absolute atomic E-state index is 0.408. The van der Waals surface area contributed by atoms with Crippen LogP contribution in [0.15, 0.2) is 60.8 Å². The Labute approximate surface area is 136 Å². The first-order valence-electron chi connectivity index (χ1n) is 6.87. The van der Waals surface area contributed by atoms with Gasteiger partial charge in [-0.2, -0.15) is 4.52 Å². The summed E-state index contributed by atoms with van der Waals surface area (Å²) in [6, 6.07) is 16.6. The molecule has 0 unspecified atom stereocenters. The lowest BCUT2D eigenvalue weighted by molar-refractivity contribution is 0.451. The average Bonchev–Trinajstić information content (AvgIpc) is 3.01. The molecule has 0 aliphatic heterocycles. The molecular weight excluding hydrogens is 314 g/mol. The summed E-state index contributed by atoms with van der Waals surface area (Å²) in [6.07, 6.45) is 1.54. The first-order valence-corrected chi connectivity index (χ1v) is 7.25. The van der Waals surface area contributed by atoms with Crippen LogP contribution in [0.4, 0.5) is 0 Å². The molecule has 0 spiro atoms. The van der Waals surface area contributed by atoms with E-state index in [9.17, 15) is 0 Å². The molecule has 6 nitrogen and oxygen atoms in total. The number of benzene rings is 1. The summed E-state index contributed by atoms with van der Waals surface area (Å²) in [6.45, 7) is 0. The largest absolute Gasteiger partial charge is 0.436 e. The van der Waals surface area contributed by atoms with Gasteiger partial charge in [0.1, 0.15) is 10.9 Å². The van der Waals surface area contributed by atoms with Crippen LogP contribution in [0.1, 0.15) is 0 Å². The summed E-state index contributed by atoms with van der Waals surface area (Å²) in [5.41, 5.74) is 1.57. The molecule has 4 aromatic rings. The molecule has 0 N–H and O–H groups in total. The number of halogens is 1. The predicted molar refractivity (Wildman–Crippen MR) is 85.5 cm³/mol. The van der Waals surface area contributed by atoms with E-state index in [0.717, 1.165) is 5.56 Å². The Morgan fingerprint density at radius 1 is 0.913 bits per heavy atom. The van der Waals surface area contributed by atoms with Crippen LogP contribution >= 0.6 is 11.6 Å². The van der Waals surface area contributed by atoms with Gasteiger partial charge in [-0.05, 0) is 18.2 Å². The zero-order valence-electron chi connectivity index (χ0n) is 11.8. The zero-order chi connectivity index (χ0) is 15.6. The van der Waals surface area contributed by atoms with Gasteiger partial charge < -0.3 is 4.74 Å². The summed E-state index contributed by atoms with van der Waals surface area (Å²) >= 11 is 5.76. The van der Waals surface area contributed by atoms with Crippen molar-refractivity contribution in [2.75, 3.05) is 0 Å². The number of fused-ring (bicyclic) bond motifs is 1.